The van der Waals surface area contributed by atoms with E-state index in [4.69, 9.17) is 10.5 Å². The van der Waals surface area contributed by atoms with Crippen LogP contribution in [0.2, 0.25) is 0 Å². The smallest absolute Gasteiger partial charge is 0.233 e. The number of hydrogen-bond acceptors (Lipinski definition) is 4. The van der Waals surface area contributed by atoms with Gasteiger partial charge in [-0.25, -0.2) is 4.39 Å². The third kappa shape index (κ3) is 2.46. The van der Waals surface area contributed by atoms with Crippen LogP contribution in [0.4, 0.5) is 4.39 Å². The molecule has 0 saturated carbocycles. The lowest BCUT2D eigenvalue weighted by Crippen LogP contribution is -2.14. The van der Waals surface area contributed by atoms with Gasteiger partial charge in [-0.15, -0.1) is 10.2 Å². The molecule has 18 heavy (non-hydrogen) atoms. The van der Waals surface area contributed by atoms with Gasteiger partial charge in [-0.1, -0.05) is 12.1 Å². The fraction of sp³-hybridized carbons (Fsp3) is 0.231. The lowest BCUT2D eigenvalue weighted by Gasteiger charge is -2.12. The second-order valence-electron chi connectivity index (χ2n) is 3.99. The van der Waals surface area contributed by atoms with Crippen molar-refractivity contribution in [2.24, 2.45) is 5.73 Å². The van der Waals surface area contributed by atoms with Crippen molar-refractivity contribution in [3.63, 3.8) is 0 Å². The molecule has 0 amide bonds. The third-order valence-electron chi connectivity index (χ3n) is 2.73. The molecule has 2 rings (SSSR count). The first-order valence-electron chi connectivity index (χ1n) is 5.51. The van der Waals surface area contributed by atoms with E-state index in [0.29, 0.717) is 17.1 Å². The number of hydrogen-bond donors (Lipinski definition) is 1. The average molecular weight is 247 g/mol. The second-order valence-corrected chi connectivity index (χ2v) is 3.99. The highest BCUT2D eigenvalue weighted by Crippen LogP contribution is 2.20. The molecular weight excluding hydrogens is 233 g/mol. The van der Waals surface area contributed by atoms with Crippen LogP contribution in [0.3, 0.4) is 0 Å². The summed E-state index contributed by atoms with van der Waals surface area (Å²) in [6, 6.07) is 7.78. The monoisotopic (exact) mass is 247 g/mol. The molecule has 2 aromatic rings. The summed E-state index contributed by atoms with van der Waals surface area (Å²) < 4.78 is 18.1. The van der Waals surface area contributed by atoms with Gasteiger partial charge in [0.1, 0.15) is 5.82 Å². The van der Waals surface area contributed by atoms with Gasteiger partial charge in [-0.05, 0) is 30.2 Å². The van der Waals surface area contributed by atoms with E-state index < -0.39 is 6.04 Å². The first-order chi connectivity index (χ1) is 8.61. The molecule has 1 aromatic heterocycles. The third-order valence-corrected chi connectivity index (χ3v) is 2.73. The van der Waals surface area contributed by atoms with Crippen LogP contribution < -0.4 is 10.5 Å². The van der Waals surface area contributed by atoms with Gasteiger partial charge >= 0.3 is 0 Å². The maximum atomic E-state index is 13.2. The van der Waals surface area contributed by atoms with Crippen molar-refractivity contribution in [1.82, 2.24) is 10.2 Å². The summed E-state index contributed by atoms with van der Waals surface area (Å²) >= 11 is 0. The van der Waals surface area contributed by atoms with Gasteiger partial charge in [0.2, 0.25) is 5.88 Å². The van der Waals surface area contributed by atoms with Crippen LogP contribution in [-0.2, 0) is 0 Å². The summed E-state index contributed by atoms with van der Waals surface area (Å²) in [5, 5.41) is 7.84. The number of nitrogens with two attached hydrogens (primary N) is 1. The van der Waals surface area contributed by atoms with Gasteiger partial charge in [-0.3, -0.25) is 0 Å². The number of ether oxygens (including phenoxy) is 1. The first kappa shape index (κ1) is 12.4. The Kier molecular flexibility index (Phi) is 3.53. The Labute approximate surface area is 105 Å². The standard InChI is InChI=1S/C13H14FN3O/c1-8-7-9(3-4-10(8)14)13(15)11-5-6-12(18-2)17-16-11/h3-7,13H,15H2,1-2H3. The van der Waals surface area contributed by atoms with E-state index >= 15 is 0 Å². The van der Waals surface area contributed by atoms with Gasteiger partial charge in [0.25, 0.3) is 0 Å². The largest absolute Gasteiger partial charge is 0.480 e. The summed E-state index contributed by atoms with van der Waals surface area (Å²) in [4.78, 5) is 0. The fourth-order valence-corrected chi connectivity index (χ4v) is 1.64. The zero-order valence-electron chi connectivity index (χ0n) is 10.2. The van der Waals surface area contributed by atoms with Crippen molar-refractivity contribution in [2.75, 3.05) is 7.11 Å². The number of benzene rings is 1. The molecule has 0 saturated heterocycles. The van der Waals surface area contributed by atoms with Crippen LogP contribution >= 0.6 is 0 Å². The zero-order chi connectivity index (χ0) is 13.1. The molecule has 4 nitrogen and oxygen atoms in total. The van der Waals surface area contributed by atoms with E-state index in [1.165, 1.54) is 13.2 Å². The van der Waals surface area contributed by atoms with E-state index in [-0.39, 0.29) is 5.82 Å². The molecule has 1 heterocycles. The average Bonchev–Trinajstić information content (AvgIpc) is 2.41. The molecular formula is C13H14FN3O. The molecule has 94 valence electrons. The summed E-state index contributed by atoms with van der Waals surface area (Å²) in [6.45, 7) is 1.70. The van der Waals surface area contributed by atoms with Gasteiger partial charge in [-0.2, -0.15) is 0 Å². The Morgan fingerprint density at radius 3 is 2.56 bits per heavy atom. The number of nitrogens with zero attached hydrogens (tertiary/aromatic N) is 2. The maximum Gasteiger partial charge on any atom is 0.233 e. The maximum absolute atomic E-state index is 13.2. The molecule has 0 fully saturated rings. The SMILES string of the molecule is COc1ccc(C(N)c2ccc(F)c(C)c2)nn1. The number of aromatic nitrogens is 2. The van der Waals surface area contributed by atoms with Crippen molar-refractivity contribution in [3.05, 3.63) is 53.0 Å². The van der Waals surface area contributed by atoms with Gasteiger partial charge < -0.3 is 10.5 Å². The molecule has 0 aliphatic carbocycles. The molecule has 1 aromatic carbocycles. The predicted molar refractivity (Wildman–Crippen MR) is 65.8 cm³/mol. The van der Waals surface area contributed by atoms with Crippen LogP contribution in [0.1, 0.15) is 22.9 Å². The van der Waals surface area contributed by atoms with E-state index in [0.717, 1.165) is 5.56 Å². The summed E-state index contributed by atoms with van der Waals surface area (Å²) in [5.74, 6) is 0.188. The number of aryl methyl sites for hydroxylation is 1. The molecule has 1 atom stereocenters. The molecule has 0 aliphatic heterocycles. The van der Waals surface area contributed by atoms with Gasteiger partial charge in [0.15, 0.2) is 0 Å². The van der Waals surface area contributed by atoms with E-state index in [2.05, 4.69) is 10.2 Å². The Morgan fingerprint density at radius 2 is 2.00 bits per heavy atom. The van der Waals surface area contributed by atoms with Crippen molar-refractivity contribution in [2.45, 2.75) is 13.0 Å². The molecule has 1 unspecified atom stereocenters. The summed E-state index contributed by atoms with van der Waals surface area (Å²) in [7, 11) is 1.52. The number of rotatable bonds is 3. The normalized spacial score (nSPS) is 12.2. The fourth-order valence-electron chi connectivity index (χ4n) is 1.64. The molecule has 2 N–H and O–H groups in total. The summed E-state index contributed by atoms with van der Waals surface area (Å²) in [5.41, 5.74) is 8.03. The van der Waals surface area contributed by atoms with Crippen LogP contribution in [0, 0.1) is 12.7 Å². The molecule has 0 spiro atoms. The first-order valence-corrected chi connectivity index (χ1v) is 5.51. The number of halogens is 1. The predicted octanol–water partition coefficient (Wildman–Crippen LogP) is 1.98. The zero-order valence-corrected chi connectivity index (χ0v) is 10.2. The minimum absolute atomic E-state index is 0.244. The number of methoxy groups -OCH3 is 1. The van der Waals surface area contributed by atoms with Gasteiger partial charge in [0, 0.05) is 6.07 Å². The van der Waals surface area contributed by atoms with Crippen molar-refractivity contribution in [1.29, 1.82) is 0 Å². The van der Waals surface area contributed by atoms with Crippen molar-refractivity contribution < 1.29 is 9.13 Å². The van der Waals surface area contributed by atoms with Crippen LogP contribution in [0.5, 0.6) is 5.88 Å². The molecule has 5 heteroatoms. The second kappa shape index (κ2) is 5.10. The minimum atomic E-state index is -0.428. The van der Waals surface area contributed by atoms with Crippen LogP contribution in [0.25, 0.3) is 0 Å². The Bertz CT molecular complexity index is 542. The van der Waals surface area contributed by atoms with E-state index in [1.807, 2.05) is 0 Å². The Hall–Kier alpha value is -2.01. The minimum Gasteiger partial charge on any atom is -0.480 e. The van der Waals surface area contributed by atoms with Gasteiger partial charge in [0.05, 0.1) is 18.8 Å². The topological polar surface area (TPSA) is 61.0 Å². The van der Waals surface area contributed by atoms with Crippen LogP contribution in [-0.4, -0.2) is 17.3 Å². The highest BCUT2D eigenvalue weighted by Gasteiger charge is 2.12. The van der Waals surface area contributed by atoms with E-state index in [9.17, 15) is 4.39 Å². The molecule has 0 radical (unpaired) electrons. The Morgan fingerprint density at radius 1 is 1.22 bits per heavy atom. The lowest BCUT2D eigenvalue weighted by atomic mass is 10.0. The highest BCUT2D eigenvalue weighted by atomic mass is 19.1. The van der Waals surface area contributed by atoms with Crippen molar-refractivity contribution in [3.8, 4) is 5.88 Å². The Balaban J connectivity index is 2.28. The van der Waals surface area contributed by atoms with Crippen LogP contribution in [0.15, 0.2) is 30.3 Å². The summed E-state index contributed by atoms with van der Waals surface area (Å²) in [6.07, 6.45) is 0. The quantitative estimate of drug-likeness (QED) is 0.900. The molecule has 0 aliphatic rings. The molecule has 0 bridgehead atoms. The highest BCUT2D eigenvalue weighted by molar-refractivity contribution is 5.31. The van der Waals surface area contributed by atoms with E-state index in [1.54, 1.807) is 31.2 Å². The van der Waals surface area contributed by atoms with Crippen molar-refractivity contribution >= 4 is 0 Å². The lowest BCUT2D eigenvalue weighted by molar-refractivity contribution is 0.390.